The Kier molecular flexibility index (Phi) is 5.76. The standard InChI is InChI=1S/C11H16BrNO3/c1-16-7-9(14)6-13-5-8-2-3-11(15)10(12)4-8/h2-4,9,13-15H,5-7H2,1H3. The van der Waals surface area contributed by atoms with E-state index in [4.69, 9.17) is 4.74 Å². The summed E-state index contributed by atoms with van der Waals surface area (Å²) in [6, 6.07) is 5.30. The molecule has 3 N–H and O–H groups in total. The summed E-state index contributed by atoms with van der Waals surface area (Å²) in [5.74, 6) is 0.225. The zero-order valence-corrected chi connectivity index (χ0v) is 10.7. The van der Waals surface area contributed by atoms with Crippen LogP contribution in [0.1, 0.15) is 5.56 Å². The van der Waals surface area contributed by atoms with Crippen LogP contribution in [0.4, 0.5) is 0 Å². The molecule has 0 spiro atoms. The SMILES string of the molecule is COCC(O)CNCc1ccc(O)c(Br)c1. The van der Waals surface area contributed by atoms with Crippen molar-refractivity contribution in [1.82, 2.24) is 5.32 Å². The first-order valence-corrected chi connectivity index (χ1v) is 5.78. The van der Waals surface area contributed by atoms with Gasteiger partial charge in [-0.2, -0.15) is 0 Å². The lowest BCUT2D eigenvalue weighted by molar-refractivity contribution is 0.0644. The van der Waals surface area contributed by atoms with Crippen LogP contribution in [0, 0.1) is 0 Å². The number of nitrogens with one attached hydrogen (secondary N) is 1. The Morgan fingerprint density at radius 2 is 2.25 bits per heavy atom. The summed E-state index contributed by atoms with van der Waals surface area (Å²) >= 11 is 3.24. The van der Waals surface area contributed by atoms with Gasteiger partial charge in [0.05, 0.1) is 17.2 Å². The molecule has 0 fully saturated rings. The molecule has 0 amide bonds. The van der Waals surface area contributed by atoms with E-state index in [9.17, 15) is 10.2 Å². The largest absolute Gasteiger partial charge is 0.507 e. The molecule has 0 radical (unpaired) electrons. The third kappa shape index (κ3) is 4.49. The number of aliphatic hydroxyl groups excluding tert-OH is 1. The number of phenolic OH excluding ortho intramolecular Hbond substituents is 1. The Hall–Kier alpha value is -0.620. The van der Waals surface area contributed by atoms with E-state index < -0.39 is 6.10 Å². The number of aromatic hydroxyl groups is 1. The van der Waals surface area contributed by atoms with E-state index in [2.05, 4.69) is 21.2 Å². The summed E-state index contributed by atoms with van der Waals surface area (Å²) in [6.07, 6.45) is -0.495. The molecule has 0 heterocycles. The maximum absolute atomic E-state index is 9.39. The van der Waals surface area contributed by atoms with E-state index in [1.807, 2.05) is 12.1 Å². The number of phenols is 1. The number of rotatable bonds is 6. The quantitative estimate of drug-likeness (QED) is 0.738. The van der Waals surface area contributed by atoms with Gasteiger partial charge in [-0.3, -0.25) is 0 Å². The summed E-state index contributed by atoms with van der Waals surface area (Å²) in [5.41, 5.74) is 1.04. The Balaban J connectivity index is 2.34. The molecule has 90 valence electrons. The second-order valence-corrected chi connectivity index (χ2v) is 4.38. The first kappa shape index (κ1) is 13.4. The number of methoxy groups -OCH3 is 1. The molecule has 1 unspecified atom stereocenters. The van der Waals surface area contributed by atoms with Crippen LogP contribution >= 0.6 is 15.9 Å². The molecular weight excluding hydrogens is 274 g/mol. The Morgan fingerprint density at radius 1 is 1.50 bits per heavy atom. The van der Waals surface area contributed by atoms with Crippen molar-refractivity contribution in [2.75, 3.05) is 20.3 Å². The van der Waals surface area contributed by atoms with Crippen molar-refractivity contribution in [3.8, 4) is 5.75 Å². The van der Waals surface area contributed by atoms with Crippen molar-refractivity contribution < 1.29 is 14.9 Å². The molecule has 0 aliphatic heterocycles. The van der Waals surface area contributed by atoms with Crippen LogP contribution in [-0.4, -0.2) is 36.6 Å². The van der Waals surface area contributed by atoms with Gasteiger partial charge in [-0.15, -0.1) is 0 Å². The lowest BCUT2D eigenvalue weighted by atomic mass is 10.2. The highest BCUT2D eigenvalue weighted by molar-refractivity contribution is 9.10. The van der Waals surface area contributed by atoms with Gasteiger partial charge in [-0.1, -0.05) is 6.07 Å². The van der Waals surface area contributed by atoms with Crippen LogP contribution < -0.4 is 5.32 Å². The van der Waals surface area contributed by atoms with Crippen LogP contribution in [0.2, 0.25) is 0 Å². The molecule has 1 aromatic carbocycles. The minimum Gasteiger partial charge on any atom is -0.507 e. The summed E-state index contributed by atoms with van der Waals surface area (Å²) in [7, 11) is 1.56. The molecule has 0 aromatic heterocycles. The zero-order valence-electron chi connectivity index (χ0n) is 9.11. The normalized spacial score (nSPS) is 12.7. The van der Waals surface area contributed by atoms with Crippen molar-refractivity contribution in [3.05, 3.63) is 28.2 Å². The number of hydrogen-bond donors (Lipinski definition) is 3. The maximum atomic E-state index is 9.39. The molecule has 1 atom stereocenters. The fraction of sp³-hybridized carbons (Fsp3) is 0.455. The highest BCUT2D eigenvalue weighted by Gasteiger charge is 2.03. The molecule has 0 bridgehead atoms. The molecule has 0 aliphatic carbocycles. The Labute approximate surface area is 103 Å². The summed E-state index contributed by atoms with van der Waals surface area (Å²) in [6.45, 7) is 1.44. The molecule has 1 aromatic rings. The predicted molar refractivity (Wildman–Crippen MR) is 65.4 cm³/mol. The summed E-state index contributed by atoms with van der Waals surface area (Å²) in [4.78, 5) is 0. The van der Waals surface area contributed by atoms with Gasteiger partial charge in [0, 0.05) is 20.2 Å². The average molecular weight is 290 g/mol. The highest BCUT2D eigenvalue weighted by atomic mass is 79.9. The topological polar surface area (TPSA) is 61.7 Å². The van der Waals surface area contributed by atoms with Crippen LogP contribution in [0.25, 0.3) is 0 Å². The molecule has 4 nitrogen and oxygen atoms in total. The van der Waals surface area contributed by atoms with Crippen molar-refractivity contribution >= 4 is 15.9 Å². The third-order valence-corrected chi connectivity index (χ3v) is 2.72. The van der Waals surface area contributed by atoms with Crippen molar-refractivity contribution in [3.63, 3.8) is 0 Å². The number of aliphatic hydroxyl groups is 1. The van der Waals surface area contributed by atoms with E-state index >= 15 is 0 Å². The van der Waals surface area contributed by atoms with Gasteiger partial charge in [0.25, 0.3) is 0 Å². The molecule has 16 heavy (non-hydrogen) atoms. The molecule has 0 saturated carbocycles. The smallest absolute Gasteiger partial charge is 0.129 e. The number of hydrogen-bond acceptors (Lipinski definition) is 4. The number of halogens is 1. The van der Waals surface area contributed by atoms with E-state index in [0.29, 0.717) is 24.2 Å². The fourth-order valence-corrected chi connectivity index (χ4v) is 1.72. The monoisotopic (exact) mass is 289 g/mol. The molecule has 0 saturated heterocycles. The fourth-order valence-electron chi connectivity index (χ4n) is 1.29. The summed E-state index contributed by atoms with van der Waals surface area (Å²) in [5, 5.41) is 21.8. The van der Waals surface area contributed by atoms with Gasteiger partial charge in [0.15, 0.2) is 0 Å². The van der Waals surface area contributed by atoms with E-state index in [0.717, 1.165) is 5.56 Å². The average Bonchev–Trinajstić information content (AvgIpc) is 2.24. The molecule has 0 aliphatic rings. The van der Waals surface area contributed by atoms with Gasteiger partial charge in [0.1, 0.15) is 5.75 Å². The van der Waals surface area contributed by atoms with Crippen molar-refractivity contribution in [2.45, 2.75) is 12.6 Å². The van der Waals surface area contributed by atoms with Gasteiger partial charge in [-0.25, -0.2) is 0 Å². The predicted octanol–water partition coefficient (Wildman–Crippen LogP) is 1.25. The Morgan fingerprint density at radius 3 is 2.88 bits per heavy atom. The molecule has 5 heteroatoms. The molecule has 1 rings (SSSR count). The van der Waals surface area contributed by atoms with Crippen LogP contribution in [0.15, 0.2) is 22.7 Å². The van der Waals surface area contributed by atoms with Gasteiger partial charge in [-0.05, 0) is 33.6 Å². The van der Waals surface area contributed by atoms with Crippen LogP contribution in [-0.2, 0) is 11.3 Å². The zero-order chi connectivity index (χ0) is 12.0. The second-order valence-electron chi connectivity index (χ2n) is 3.53. The lowest BCUT2D eigenvalue weighted by Crippen LogP contribution is -2.29. The third-order valence-electron chi connectivity index (χ3n) is 2.08. The van der Waals surface area contributed by atoms with E-state index in [1.165, 1.54) is 0 Å². The Bertz CT molecular complexity index is 333. The second kappa shape index (κ2) is 6.85. The van der Waals surface area contributed by atoms with Gasteiger partial charge >= 0.3 is 0 Å². The number of ether oxygens (including phenoxy) is 1. The first-order chi connectivity index (χ1) is 7.63. The lowest BCUT2D eigenvalue weighted by Gasteiger charge is -2.11. The minimum atomic E-state index is -0.495. The van der Waals surface area contributed by atoms with Crippen LogP contribution in [0.3, 0.4) is 0 Å². The minimum absolute atomic E-state index is 0.225. The van der Waals surface area contributed by atoms with Gasteiger partial charge < -0.3 is 20.3 Å². The molecular formula is C11H16BrNO3. The van der Waals surface area contributed by atoms with E-state index in [1.54, 1.807) is 13.2 Å². The van der Waals surface area contributed by atoms with Gasteiger partial charge in [0.2, 0.25) is 0 Å². The summed E-state index contributed by atoms with van der Waals surface area (Å²) < 4.78 is 5.48. The maximum Gasteiger partial charge on any atom is 0.129 e. The van der Waals surface area contributed by atoms with Crippen molar-refractivity contribution in [2.24, 2.45) is 0 Å². The highest BCUT2D eigenvalue weighted by Crippen LogP contribution is 2.24. The first-order valence-electron chi connectivity index (χ1n) is 4.98. The van der Waals surface area contributed by atoms with Crippen LogP contribution in [0.5, 0.6) is 5.75 Å². The van der Waals surface area contributed by atoms with E-state index in [-0.39, 0.29) is 5.75 Å². The number of benzene rings is 1. The van der Waals surface area contributed by atoms with Crippen molar-refractivity contribution in [1.29, 1.82) is 0 Å².